The number of hydrogen-bond acceptors (Lipinski definition) is 4. The number of rotatable bonds is 3. The molecule has 0 saturated carbocycles. The summed E-state index contributed by atoms with van der Waals surface area (Å²) >= 11 is 2.07. The van der Waals surface area contributed by atoms with Crippen molar-refractivity contribution in [2.24, 2.45) is 0 Å². The monoisotopic (exact) mass is 411 g/mol. The Bertz CT molecular complexity index is 862. The van der Waals surface area contributed by atoms with Crippen LogP contribution in [-0.4, -0.2) is 22.6 Å². The zero-order valence-corrected chi connectivity index (χ0v) is 13.7. The summed E-state index contributed by atoms with van der Waals surface area (Å²) in [6.45, 7) is 0. The highest BCUT2D eigenvalue weighted by molar-refractivity contribution is 14.1. The van der Waals surface area contributed by atoms with Gasteiger partial charge < -0.3 is 0 Å². The SMILES string of the molecule is O=S(=O)(c1ccccc1)n1cc(I)c(-c2cccnc2)n1. The molecule has 0 aliphatic rings. The highest BCUT2D eigenvalue weighted by Gasteiger charge is 2.20. The standard InChI is InChI=1S/C14H10IN3O2S/c15-13-10-18(17-14(13)11-5-4-8-16-9-11)21(19,20)12-6-2-1-3-7-12/h1-10H. The molecule has 0 fully saturated rings. The number of halogens is 1. The van der Waals surface area contributed by atoms with Crippen molar-refractivity contribution in [1.29, 1.82) is 0 Å². The van der Waals surface area contributed by atoms with Gasteiger partial charge in [0.05, 0.1) is 14.7 Å². The molecule has 0 unspecified atom stereocenters. The average Bonchev–Trinajstić information content (AvgIpc) is 2.92. The fourth-order valence-corrected chi connectivity index (χ4v) is 3.88. The maximum atomic E-state index is 12.5. The minimum Gasteiger partial charge on any atom is -0.264 e. The first kappa shape index (κ1) is 14.2. The molecule has 5 nitrogen and oxygen atoms in total. The van der Waals surface area contributed by atoms with Gasteiger partial charge in [-0.15, -0.1) is 0 Å². The quantitative estimate of drug-likeness (QED) is 0.622. The van der Waals surface area contributed by atoms with Gasteiger partial charge in [0.25, 0.3) is 10.0 Å². The highest BCUT2D eigenvalue weighted by atomic mass is 127. The van der Waals surface area contributed by atoms with Crippen LogP contribution in [0.25, 0.3) is 11.3 Å². The highest BCUT2D eigenvalue weighted by Crippen LogP contribution is 2.24. The number of hydrogen-bond donors (Lipinski definition) is 0. The van der Waals surface area contributed by atoms with Crippen LogP contribution in [0.5, 0.6) is 0 Å². The second-order valence-corrected chi connectivity index (χ2v) is 7.22. The molecule has 0 bridgehead atoms. The van der Waals surface area contributed by atoms with Gasteiger partial charge in [-0.25, -0.2) is 0 Å². The van der Waals surface area contributed by atoms with Gasteiger partial charge in [0.15, 0.2) is 0 Å². The maximum Gasteiger partial charge on any atom is 0.282 e. The molecule has 0 aliphatic heterocycles. The molecule has 21 heavy (non-hydrogen) atoms. The van der Waals surface area contributed by atoms with Gasteiger partial charge in [0.1, 0.15) is 5.69 Å². The molecule has 0 amide bonds. The first-order chi connectivity index (χ1) is 10.1. The lowest BCUT2D eigenvalue weighted by Gasteiger charge is -2.03. The van der Waals surface area contributed by atoms with Gasteiger partial charge in [0, 0.05) is 18.0 Å². The second kappa shape index (κ2) is 5.57. The molecule has 3 rings (SSSR count). The molecular formula is C14H10IN3O2S. The van der Waals surface area contributed by atoms with E-state index < -0.39 is 10.0 Å². The lowest BCUT2D eigenvalue weighted by Crippen LogP contribution is -2.13. The Morgan fingerprint density at radius 2 is 1.81 bits per heavy atom. The summed E-state index contributed by atoms with van der Waals surface area (Å²) in [7, 11) is -3.67. The van der Waals surface area contributed by atoms with Crippen molar-refractivity contribution >= 4 is 32.6 Å². The van der Waals surface area contributed by atoms with E-state index in [9.17, 15) is 8.42 Å². The van der Waals surface area contributed by atoms with Crippen LogP contribution in [0, 0.1) is 3.57 Å². The van der Waals surface area contributed by atoms with E-state index >= 15 is 0 Å². The van der Waals surface area contributed by atoms with Crippen LogP contribution >= 0.6 is 22.6 Å². The molecule has 0 atom stereocenters. The van der Waals surface area contributed by atoms with Crippen LogP contribution in [0.2, 0.25) is 0 Å². The largest absolute Gasteiger partial charge is 0.282 e. The Kier molecular flexibility index (Phi) is 3.77. The van der Waals surface area contributed by atoms with Crippen LogP contribution in [0.3, 0.4) is 0 Å². The van der Waals surface area contributed by atoms with Gasteiger partial charge in [-0.05, 0) is 46.9 Å². The third-order valence-electron chi connectivity index (χ3n) is 2.87. The molecule has 7 heteroatoms. The molecule has 0 saturated heterocycles. The summed E-state index contributed by atoms with van der Waals surface area (Å²) in [4.78, 5) is 4.24. The molecule has 2 heterocycles. The van der Waals surface area contributed by atoms with Crippen molar-refractivity contribution in [3.63, 3.8) is 0 Å². The van der Waals surface area contributed by atoms with E-state index in [1.807, 2.05) is 6.07 Å². The van der Waals surface area contributed by atoms with Crippen molar-refractivity contribution in [2.75, 3.05) is 0 Å². The number of nitrogens with zero attached hydrogens (tertiary/aromatic N) is 3. The van der Waals surface area contributed by atoms with Crippen LogP contribution in [0.1, 0.15) is 0 Å². The predicted molar refractivity (Wildman–Crippen MR) is 87.2 cm³/mol. The van der Waals surface area contributed by atoms with Crippen molar-refractivity contribution in [2.45, 2.75) is 4.90 Å². The van der Waals surface area contributed by atoms with Crippen LogP contribution in [0.15, 0.2) is 66.0 Å². The minimum absolute atomic E-state index is 0.210. The van der Waals surface area contributed by atoms with E-state index in [4.69, 9.17) is 0 Å². The molecule has 1 aromatic carbocycles. The molecule has 3 aromatic rings. The summed E-state index contributed by atoms with van der Waals surface area (Å²) in [5, 5.41) is 4.21. The van der Waals surface area contributed by atoms with Crippen LogP contribution in [-0.2, 0) is 10.0 Å². The first-order valence-corrected chi connectivity index (χ1v) is 8.57. The zero-order chi connectivity index (χ0) is 14.9. The van der Waals surface area contributed by atoms with E-state index in [0.717, 1.165) is 13.2 Å². The average molecular weight is 411 g/mol. The fraction of sp³-hybridized carbons (Fsp3) is 0. The number of pyridine rings is 1. The van der Waals surface area contributed by atoms with Crippen molar-refractivity contribution in [1.82, 2.24) is 14.2 Å². The van der Waals surface area contributed by atoms with E-state index in [0.29, 0.717) is 5.69 Å². The third-order valence-corrected chi connectivity index (χ3v) is 5.21. The maximum absolute atomic E-state index is 12.5. The Balaban J connectivity index is 2.10. The van der Waals surface area contributed by atoms with E-state index in [1.54, 1.807) is 48.8 Å². The van der Waals surface area contributed by atoms with Crippen molar-refractivity contribution in [3.8, 4) is 11.3 Å². The lowest BCUT2D eigenvalue weighted by molar-refractivity contribution is 0.580. The summed E-state index contributed by atoms with van der Waals surface area (Å²) in [5.41, 5.74) is 1.38. The van der Waals surface area contributed by atoms with Gasteiger partial charge in [0.2, 0.25) is 0 Å². The van der Waals surface area contributed by atoms with Crippen LogP contribution in [0.4, 0.5) is 0 Å². The van der Waals surface area contributed by atoms with Gasteiger partial charge in [-0.1, -0.05) is 18.2 Å². The minimum atomic E-state index is -3.67. The number of benzene rings is 1. The first-order valence-electron chi connectivity index (χ1n) is 6.05. The zero-order valence-electron chi connectivity index (χ0n) is 10.7. The third kappa shape index (κ3) is 2.70. The second-order valence-electron chi connectivity index (χ2n) is 4.26. The molecule has 0 N–H and O–H groups in total. The Hall–Kier alpha value is -1.74. The summed E-state index contributed by atoms with van der Waals surface area (Å²) in [5.74, 6) is 0. The molecule has 0 spiro atoms. The van der Waals surface area contributed by atoms with Gasteiger partial charge in [-0.2, -0.15) is 17.6 Å². The van der Waals surface area contributed by atoms with Gasteiger partial charge in [-0.3, -0.25) is 4.98 Å². The number of aromatic nitrogens is 3. The Morgan fingerprint density at radius 1 is 1.05 bits per heavy atom. The molecular weight excluding hydrogens is 401 g/mol. The van der Waals surface area contributed by atoms with E-state index in [1.165, 1.54) is 6.20 Å². The summed E-state index contributed by atoms with van der Waals surface area (Å²) < 4.78 is 26.8. The smallest absolute Gasteiger partial charge is 0.264 e. The van der Waals surface area contributed by atoms with Gasteiger partial charge >= 0.3 is 0 Å². The summed E-state index contributed by atoms with van der Waals surface area (Å²) in [6, 6.07) is 11.9. The normalized spacial score (nSPS) is 11.5. The predicted octanol–water partition coefficient (Wildman–Crippen LogP) is 2.79. The molecule has 2 aromatic heterocycles. The topological polar surface area (TPSA) is 64.8 Å². The Labute approximate surface area is 135 Å². The summed E-state index contributed by atoms with van der Waals surface area (Å²) in [6.07, 6.45) is 4.82. The Morgan fingerprint density at radius 3 is 2.48 bits per heavy atom. The molecule has 0 aliphatic carbocycles. The van der Waals surface area contributed by atoms with Crippen molar-refractivity contribution in [3.05, 3.63) is 64.6 Å². The lowest BCUT2D eigenvalue weighted by atomic mass is 10.2. The van der Waals surface area contributed by atoms with E-state index in [-0.39, 0.29) is 4.90 Å². The van der Waals surface area contributed by atoms with E-state index in [2.05, 4.69) is 32.7 Å². The van der Waals surface area contributed by atoms with Crippen LogP contribution < -0.4 is 0 Å². The fourth-order valence-electron chi connectivity index (χ4n) is 1.86. The van der Waals surface area contributed by atoms with Crippen molar-refractivity contribution < 1.29 is 8.42 Å². The molecule has 106 valence electrons. The molecule has 0 radical (unpaired) electrons.